The molecule has 6 N–H and O–H groups in total. The van der Waals surface area contributed by atoms with Gasteiger partial charge in [0.2, 0.25) is 0 Å². The van der Waals surface area contributed by atoms with E-state index >= 15 is 0 Å². The van der Waals surface area contributed by atoms with Crippen LogP contribution in [0.1, 0.15) is 48.8 Å². The van der Waals surface area contributed by atoms with E-state index in [9.17, 15) is 29.4 Å². The average molecular weight is 611 g/mol. The summed E-state index contributed by atoms with van der Waals surface area (Å²) in [5.41, 5.74) is 6.98. The van der Waals surface area contributed by atoms with Crippen LogP contribution in [0.3, 0.4) is 0 Å². The van der Waals surface area contributed by atoms with Crippen LogP contribution < -0.4 is 21.7 Å². The number of hydrogen-bond acceptors (Lipinski definition) is 13. The Hall–Kier alpha value is -6.56. The first-order valence-electron chi connectivity index (χ1n) is 13.3. The number of hydrazone groups is 2. The second-order valence-electron chi connectivity index (χ2n) is 9.70. The van der Waals surface area contributed by atoms with Gasteiger partial charge in [-0.3, -0.25) is 9.59 Å². The quantitative estimate of drug-likeness (QED) is 0.146. The third kappa shape index (κ3) is 6.15. The van der Waals surface area contributed by atoms with E-state index in [1.165, 1.54) is 41.5 Å². The van der Waals surface area contributed by atoms with Crippen molar-refractivity contribution in [2.24, 2.45) is 10.2 Å². The lowest BCUT2D eigenvalue weighted by atomic mass is 10.00. The van der Waals surface area contributed by atoms with Gasteiger partial charge in [-0.05, 0) is 89.4 Å². The number of rotatable bonds is 10. The number of carbonyl (C=O) groups is 4. The number of anilines is 2. The van der Waals surface area contributed by atoms with Gasteiger partial charge in [-0.2, -0.15) is 5.12 Å². The van der Waals surface area contributed by atoms with Crippen LogP contribution in [0.25, 0.3) is 5.65 Å². The first kappa shape index (κ1) is 28.6. The zero-order chi connectivity index (χ0) is 31.5. The van der Waals surface area contributed by atoms with Crippen LogP contribution in [0, 0.1) is 0 Å². The van der Waals surface area contributed by atoms with Gasteiger partial charge in [0.1, 0.15) is 0 Å². The van der Waals surface area contributed by atoms with E-state index in [0.29, 0.717) is 36.3 Å². The molecule has 0 spiro atoms. The predicted molar refractivity (Wildman–Crippen MR) is 156 cm³/mol. The highest BCUT2D eigenvalue weighted by molar-refractivity contribution is 6.48. The molecule has 0 saturated carbocycles. The van der Waals surface area contributed by atoms with Gasteiger partial charge in [-0.15, -0.1) is 30.6 Å². The molecule has 4 heterocycles. The molecule has 2 aromatic carbocycles. The number of aromatic carboxylic acids is 2. The van der Waals surface area contributed by atoms with Crippen LogP contribution in [0.2, 0.25) is 0 Å². The monoisotopic (exact) mass is 610 g/mol. The van der Waals surface area contributed by atoms with Crippen molar-refractivity contribution in [2.75, 3.05) is 10.6 Å². The van der Waals surface area contributed by atoms with Crippen molar-refractivity contribution in [3.8, 4) is 0 Å². The van der Waals surface area contributed by atoms with E-state index in [2.05, 4.69) is 52.5 Å². The molecule has 0 aliphatic carbocycles. The highest BCUT2D eigenvalue weighted by atomic mass is 16.4. The molecule has 18 heteroatoms. The molecule has 4 aromatic rings. The summed E-state index contributed by atoms with van der Waals surface area (Å²) in [6, 6.07) is 12.3. The van der Waals surface area contributed by atoms with Gasteiger partial charge < -0.3 is 20.8 Å². The lowest BCUT2D eigenvalue weighted by Crippen LogP contribution is -2.40. The van der Waals surface area contributed by atoms with Gasteiger partial charge in [0.05, 0.1) is 22.5 Å². The van der Waals surface area contributed by atoms with Crippen LogP contribution in [0.4, 0.5) is 11.4 Å². The summed E-state index contributed by atoms with van der Waals surface area (Å²) in [6.45, 7) is 0. The summed E-state index contributed by atoms with van der Waals surface area (Å²) >= 11 is 0. The summed E-state index contributed by atoms with van der Waals surface area (Å²) in [5, 5.41) is 48.7. The maximum Gasteiger partial charge on any atom is 0.337 e. The third-order valence-corrected chi connectivity index (χ3v) is 6.73. The number of hydrogen-bond donors (Lipinski definition) is 6. The van der Waals surface area contributed by atoms with Crippen LogP contribution in [-0.4, -0.2) is 75.9 Å². The van der Waals surface area contributed by atoms with E-state index < -0.39 is 23.8 Å². The minimum absolute atomic E-state index is 0.00706. The number of tetrazole rings is 1. The van der Waals surface area contributed by atoms with Crippen molar-refractivity contribution in [2.45, 2.75) is 19.3 Å². The zero-order valence-electron chi connectivity index (χ0n) is 23.0. The Morgan fingerprint density at radius 1 is 0.822 bits per heavy atom. The zero-order valence-corrected chi connectivity index (χ0v) is 23.0. The van der Waals surface area contributed by atoms with Gasteiger partial charge in [0.15, 0.2) is 22.9 Å². The van der Waals surface area contributed by atoms with E-state index in [1.54, 1.807) is 24.3 Å². The predicted octanol–water partition coefficient (Wildman–Crippen LogP) is 0.846. The normalized spacial score (nSPS) is 13.5. The molecule has 226 valence electrons. The van der Waals surface area contributed by atoms with Crippen molar-refractivity contribution in [1.82, 2.24) is 41.4 Å². The summed E-state index contributed by atoms with van der Waals surface area (Å²) in [5.74, 6) is -3.23. The Balaban J connectivity index is 1.11. The molecule has 0 unspecified atom stereocenters. The number of aryl methyl sites for hydroxylation is 2. The molecular weight excluding hydrogens is 588 g/mol. The molecule has 6 rings (SSSR count). The first-order valence-corrected chi connectivity index (χ1v) is 13.3. The van der Waals surface area contributed by atoms with E-state index in [1.807, 2.05) is 0 Å². The standard InChI is InChI=1S/C27H22N12O6/c40-24(19-8-10-22-30-34-36-38(22)32-19)28-18-7-5-14(12-17(18)27(44)45)2-1-3-15-4-6-16(26(42)43)21(13-15)29-25(41)20-9-11-23-31-35-37-39(23)33-20/h4-13,35,37H,1-3H2,(H,28,40)(H,29,41)(H,42,43)(H,44,45). The Kier molecular flexibility index (Phi) is 7.60. The first-order chi connectivity index (χ1) is 21.7. The Labute approximate surface area is 252 Å². The van der Waals surface area contributed by atoms with Crippen molar-refractivity contribution < 1.29 is 29.4 Å². The maximum atomic E-state index is 12.9. The summed E-state index contributed by atoms with van der Waals surface area (Å²) in [6.07, 6.45) is 4.58. The lowest BCUT2D eigenvalue weighted by Gasteiger charge is -2.16. The smallest absolute Gasteiger partial charge is 0.337 e. The molecule has 0 radical (unpaired) electrons. The summed E-state index contributed by atoms with van der Waals surface area (Å²) in [7, 11) is 0. The fourth-order valence-corrected chi connectivity index (χ4v) is 4.54. The molecule has 2 aliphatic rings. The molecule has 0 bridgehead atoms. The molecule has 0 fully saturated rings. The molecule has 2 amide bonds. The molecule has 2 aromatic heterocycles. The number of benzene rings is 2. The van der Waals surface area contributed by atoms with Gasteiger partial charge >= 0.3 is 11.9 Å². The largest absolute Gasteiger partial charge is 0.478 e. The fraction of sp³-hybridized carbons (Fsp3) is 0.111. The number of fused-ring (bicyclic) bond motifs is 2. The molecular formula is C27H22N12O6. The van der Waals surface area contributed by atoms with Gasteiger partial charge in [-0.1, -0.05) is 12.1 Å². The van der Waals surface area contributed by atoms with Crippen LogP contribution >= 0.6 is 0 Å². The van der Waals surface area contributed by atoms with Gasteiger partial charge in [-0.25, -0.2) is 15.1 Å². The number of carbonyl (C=O) groups excluding carboxylic acids is 2. The third-order valence-electron chi connectivity index (χ3n) is 6.73. The molecule has 2 aliphatic heterocycles. The maximum absolute atomic E-state index is 12.9. The molecule has 0 atom stereocenters. The molecule has 0 saturated heterocycles. The average Bonchev–Trinajstić information content (AvgIpc) is 3.70. The Morgan fingerprint density at radius 3 is 2.38 bits per heavy atom. The van der Waals surface area contributed by atoms with E-state index in [-0.39, 0.29) is 33.9 Å². The van der Waals surface area contributed by atoms with E-state index in [0.717, 1.165) is 10.2 Å². The van der Waals surface area contributed by atoms with Gasteiger partial charge in [0, 0.05) is 0 Å². The van der Waals surface area contributed by atoms with Crippen molar-refractivity contribution in [3.63, 3.8) is 0 Å². The number of aromatic nitrogens is 5. The summed E-state index contributed by atoms with van der Waals surface area (Å²) in [4.78, 5) is 49.4. The highest BCUT2D eigenvalue weighted by Crippen LogP contribution is 2.23. The van der Waals surface area contributed by atoms with Crippen LogP contribution in [0.5, 0.6) is 0 Å². The van der Waals surface area contributed by atoms with Crippen molar-refractivity contribution >= 4 is 52.3 Å². The Morgan fingerprint density at radius 2 is 1.58 bits per heavy atom. The number of amides is 2. The molecule has 18 nitrogen and oxygen atoms in total. The van der Waals surface area contributed by atoms with Crippen LogP contribution in [-0.2, 0) is 17.6 Å². The van der Waals surface area contributed by atoms with Crippen LogP contribution in [0.15, 0.2) is 70.9 Å². The number of amidine groups is 1. The number of hydrazine groups is 2. The fourth-order valence-electron chi connectivity index (χ4n) is 4.54. The number of carboxylic acid groups (broad SMARTS) is 2. The number of carboxylic acids is 2. The minimum Gasteiger partial charge on any atom is -0.478 e. The summed E-state index contributed by atoms with van der Waals surface area (Å²) < 4.78 is 1.08. The lowest BCUT2D eigenvalue weighted by molar-refractivity contribution is -0.110. The topological polar surface area (TPSA) is 241 Å². The van der Waals surface area contributed by atoms with E-state index in [4.69, 9.17) is 0 Å². The van der Waals surface area contributed by atoms with Gasteiger partial charge in [0.25, 0.3) is 11.8 Å². The molecule has 45 heavy (non-hydrogen) atoms. The number of nitrogens with zero attached hydrogens (tertiary/aromatic N) is 8. The Bertz CT molecular complexity index is 1970. The van der Waals surface area contributed by atoms with Crippen molar-refractivity contribution in [1.29, 1.82) is 0 Å². The highest BCUT2D eigenvalue weighted by Gasteiger charge is 2.23. The second kappa shape index (κ2) is 12.0. The second-order valence-corrected chi connectivity index (χ2v) is 9.70. The number of nitrogens with one attached hydrogen (secondary N) is 4. The van der Waals surface area contributed by atoms with Crippen molar-refractivity contribution in [3.05, 3.63) is 88.6 Å². The minimum atomic E-state index is -1.22. The SMILES string of the molecule is O=C(Nc1cc(CCCc2ccc(NC(=O)c3ccc4nnnn4n3)c(C(=O)O)c2)ccc1C(=O)O)C1=NN2NNN=C2C=C1.